The second-order valence-corrected chi connectivity index (χ2v) is 1.60. The van der Waals surface area contributed by atoms with Crippen LogP contribution >= 0.6 is 0 Å². The molecule has 0 aromatic heterocycles. The van der Waals surface area contributed by atoms with Gasteiger partial charge in [-0.05, 0) is 0 Å². The van der Waals surface area contributed by atoms with Gasteiger partial charge in [0.2, 0.25) is 0 Å². The van der Waals surface area contributed by atoms with E-state index in [1.54, 1.807) is 0 Å². The molecule has 2 amide bonds. The molecule has 12 heavy (non-hydrogen) atoms. The summed E-state index contributed by atoms with van der Waals surface area (Å²) in [5, 5.41) is 19.7. The van der Waals surface area contributed by atoms with Crippen LogP contribution in [0.15, 0.2) is 4.99 Å². The maximum Gasteiger partial charge on any atom is 0.486 e. The second-order valence-electron chi connectivity index (χ2n) is 1.60. The normalized spacial score (nSPS) is 10.4. The van der Waals surface area contributed by atoms with Gasteiger partial charge >= 0.3 is 12.2 Å². The van der Waals surface area contributed by atoms with E-state index in [4.69, 9.17) is 0 Å². The number of urea groups is 1. The van der Waals surface area contributed by atoms with Crippen LogP contribution in [0, 0.1) is 20.2 Å². The van der Waals surface area contributed by atoms with Crippen molar-refractivity contribution >= 4 is 12.2 Å². The molecule has 0 aromatic rings. The summed E-state index contributed by atoms with van der Waals surface area (Å²) in [6.45, 7) is 0. The molecular formula is C3H4N4O5. The summed E-state index contributed by atoms with van der Waals surface area (Å²) in [6.07, 6.45) is -1.96. The molecule has 0 spiro atoms. The van der Waals surface area contributed by atoms with Crippen molar-refractivity contribution in [3.05, 3.63) is 20.2 Å². The van der Waals surface area contributed by atoms with Gasteiger partial charge in [-0.3, -0.25) is 20.2 Å². The molecule has 66 valence electrons. The van der Waals surface area contributed by atoms with E-state index in [0.29, 0.717) is 0 Å². The van der Waals surface area contributed by atoms with Gasteiger partial charge in [0.15, 0.2) is 6.21 Å². The van der Waals surface area contributed by atoms with Crippen LogP contribution < -0.4 is 5.73 Å². The van der Waals surface area contributed by atoms with Crippen LogP contribution in [-0.4, -0.2) is 28.3 Å². The average molecular weight is 176 g/mol. The SMILES string of the molecule is NC(=O)N=CC([N+](=O)[O-])[N+](=O)[O-]. The van der Waals surface area contributed by atoms with Crippen molar-refractivity contribution in [1.82, 2.24) is 0 Å². The molecule has 0 bridgehead atoms. The number of carbonyl (C=O) groups is 1. The number of hydrogen-bond donors (Lipinski definition) is 1. The molecule has 0 aliphatic rings. The molecule has 0 atom stereocenters. The van der Waals surface area contributed by atoms with E-state index in [9.17, 15) is 25.0 Å². The van der Waals surface area contributed by atoms with Crippen molar-refractivity contribution in [2.24, 2.45) is 10.7 Å². The summed E-state index contributed by atoms with van der Waals surface area (Å²) in [6, 6.07) is -1.22. The third-order valence-corrected chi connectivity index (χ3v) is 0.767. The maximum atomic E-state index is 9.93. The Kier molecular flexibility index (Phi) is 3.27. The van der Waals surface area contributed by atoms with Crippen LogP contribution in [0.1, 0.15) is 0 Å². The van der Waals surface area contributed by atoms with Crippen LogP contribution in [0.25, 0.3) is 0 Å². The lowest BCUT2D eigenvalue weighted by atomic mass is 10.6. The lowest BCUT2D eigenvalue weighted by Gasteiger charge is -1.92. The van der Waals surface area contributed by atoms with Gasteiger partial charge in [0, 0.05) is 0 Å². The standard InChI is InChI=1S/C3H4N4O5/c4-3(8)5-1-2(6(9)10)7(11)12/h1-2H,(H2,4,8). The summed E-state index contributed by atoms with van der Waals surface area (Å²) in [4.78, 5) is 30.0. The fourth-order valence-corrected chi connectivity index (χ4v) is 0.326. The van der Waals surface area contributed by atoms with Crippen LogP contribution in [0.2, 0.25) is 0 Å². The Hall–Kier alpha value is -2.06. The quantitative estimate of drug-likeness (QED) is 0.254. The van der Waals surface area contributed by atoms with Gasteiger partial charge in [-0.25, -0.2) is 4.79 Å². The molecule has 9 heteroatoms. The first kappa shape index (κ1) is 9.94. The van der Waals surface area contributed by atoms with Gasteiger partial charge in [-0.15, -0.1) is 0 Å². The van der Waals surface area contributed by atoms with E-state index in [2.05, 4.69) is 10.7 Å². The van der Waals surface area contributed by atoms with Crippen LogP contribution in [0.4, 0.5) is 4.79 Å². The smallest absolute Gasteiger partial charge is 0.350 e. The van der Waals surface area contributed by atoms with Crippen LogP contribution in [-0.2, 0) is 0 Å². The highest BCUT2D eigenvalue weighted by molar-refractivity contribution is 5.82. The third-order valence-electron chi connectivity index (χ3n) is 0.767. The summed E-state index contributed by atoms with van der Waals surface area (Å²) in [5.74, 6) is 0. The zero-order chi connectivity index (χ0) is 9.72. The van der Waals surface area contributed by atoms with Gasteiger partial charge < -0.3 is 5.73 Å². The minimum Gasteiger partial charge on any atom is -0.350 e. The number of nitrogens with two attached hydrogens (primary N) is 1. The van der Waals surface area contributed by atoms with Crippen molar-refractivity contribution in [2.75, 3.05) is 0 Å². The Morgan fingerprint density at radius 1 is 1.42 bits per heavy atom. The fraction of sp³-hybridized carbons (Fsp3) is 0.333. The molecule has 0 unspecified atom stereocenters. The van der Waals surface area contributed by atoms with E-state index in [0.717, 1.165) is 0 Å². The van der Waals surface area contributed by atoms with E-state index < -0.39 is 22.0 Å². The average Bonchev–Trinajstić information content (AvgIpc) is 1.84. The Labute approximate surface area is 65.2 Å². The molecule has 9 nitrogen and oxygen atoms in total. The molecule has 0 fully saturated rings. The number of rotatable bonds is 3. The predicted octanol–water partition coefficient (Wildman–Crippen LogP) is -0.985. The molecule has 0 saturated carbocycles. The Morgan fingerprint density at radius 3 is 2.08 bits per heavy atom. The van der Waals surface area contributed by atoms with Gasteiger partial charge in [0.1, 0.15) is 9.85 Å². The van der Waals surface area contributed by atoms with Crippen molar-refractivity contribution in [3.8, 4) is 0 Å². The van der Waals surface area contributed by atoms with Crippen LogP contribution in [0.3, 0.4) is 0 Å². The van der Waals surface area contributed by atoms with Gasteiger partial charge in [-0.1, -0.05) is 0 Å². The largest absolute Gasteiger partial charge is 0.486 e. The maximum absolute atomic E-state index is 9.93. The second kappa shape index (κ2) is 3.95. The van der Waals surface area contributed by atoms with E-state index in [1.807, 2.05) is 0 Å². The predicted molar refractivity (Wildman–Crippen MR) is 35.9 cm³/mol. The van der Waals surface area contributed by atoms with Crippen molar-refractivity contribution in [2.45, 2.75) is 6.17 Å². The number of aliphatic imine (C=N–C) groups is 1. The highest BCUT2D eigenvalue weighted by atomic mass is 16.7. The lowest BCUT2D eigenvalue weighted by molar-refractivity contribution is -0.718. The number of hydrogen-bond acceptors (Lipinski definition) is 5. The molecule has 0 rings (SSSR count). The van der Waals surface area contributed by atoms with E-state index in [-0.39, 0.29) is 6.21 Å². The first-order valence-electron chi connectivity index (χ1n) is 2.55. The number of primary amides is 1. The number of carbonyl (C=O) groups excluding carboxylic acids is 1. The zero-order valence-corrected chi connectivity index (χ0v) is 5.61. The van der Waals surface area contributed by atoms with Crippen molar-refractivity contribution in [1.29, 1.82) is 0 Å². The van der Waals surface area contributed by atoms with E-state index >= 15 is 0 Å². The zero-order valence-electron chi connectivity index (χ0n) is 5.61. The van der Waals surface area contributed by atoms with Gasteiger partial charge in [-0.2, -0.15) is 4.99 Å². The molecule has 0 aromatic carbocycles. The first-order chi connectivity index (χ1) is 5.45. The highest BCUT2D eigenvalue weighted by Crippen LogP contribution is 1.87. The third kappa shape index (κ3) is 3.20. The van der Waals surface area contributed by atoms with Crippen LogP contribution in [0.5, 0.6) is 0 Å². The summed E-state index contributed by atoms with van der Waals surface area (Å²) < 4.78 is 0. The Morgan fingerprint density at radius 2 is 1.83 bits per heavy atom. The minimum atomic E-state index is -2.22. The molecule has 0 aliphatic carbocycles. The van der Waals surface area contributed by atoms with Crippen molar-refractivity contribution in [3.63, 3.8) is 0 Å². The summed E-state index contributed by atoms with van der Waals surface area (Å²) in [5.41, 5.74) is 4.46. The molecular weight excluding hydrogens is 172 g/mol. The first-order valence-corrected chi connectivity index (χ1v) is 2.55. The number of nitrogens with zero attached hydrogens (tertiary/aromatic N) is 3. The minimum absolute atomic E-state index is 0.266. The summed E-state index contributed by atoms with van der Waals surface area (Å²) >= 11 is 0. The van der Waals surface area contributed by atoms with Crippen molar-refractivity contribution < 1.29 is 14.6 Å². The Balaban J connectivity index is 4.44. The molecule has 0 saturated heterocycles. The number of nitro groups is 2. The monoisotopic (exact) mass is 176 g/mol. The van der Waals surface area contributed by atoms with Gasteiger partial charge in [0.25, 0.3) is 0 Å². The Bertz CT molecular complexity index is 233. The fourth-order valence-electron chi connectivity index (χ4n) is 0.326. The lowest BCUT2D eigenvalue weighted by Crippen LogP contribution is -2.30. The summed E-state index contributed by atoms with van der Waals surface area (Å²) in [7, 11) is 0. The topological polar surface area (TPSA) is 142 Å². The van der Waals surface area contributed by atoms with E-state index in [1.165, 1.54) is 0 Å². The molecule has 2 N–H and O–H groups in total. The van der Waals surface area contributed by atoms with Gasteiger partial charge in [0.05, 0.1) is 0 Å². The molecule has 0 heterocycles. The molecule has 0 radical (unpaired) electrons. The number of amides is 2. The molecule has 0 aliphatic heterocycles. The highest BCUT2D eigenvalue weighted by Gasteiger charge is 2.29.